The third-order valence-corrected chi connectivity index (χ3v) is 5.28. The fourth-order valence-electron chi connectivity index (χ4n) is 2.12. The lowest BCUT2D eigenvalue weighted by Gasteiger charge is -2.30. The van der Waals surface area contributed by atoms with E-state index in [9.17, 15) is 8.42 Å². The smallest absolute Gasteiger partial charge is 0.246 e. The average Bonchev–Trinajstić information content (AvgIpc) is 2.76. The first kappa shape index (κ1) is 12.5. The number of rotatable bonds is 3. The van der Waals surface area contributed by atoms with E-state index in [1.165, 1.54) is 6.20 Å². The number of aryl methyl sites for hydroxylation is 1. The van der Waals surface area contributed by atoms with Crippen LogP contribution < -0.4 is 5.32 Å². The SMILES string of the molecule is CNC1CCN(S(=O)(=O)c2cn[nH]c2C)CC1. The van der Waals surface area contributed by atoms with Gasteiger partial charge in [-0.15, -0.1) is 0 Å². The second kappa shape index (κ2) is 4.75. The second-order valence-corrected chi connectivity index (χ2v) is 6.23. The summed E-state index contributed by atoms with van der Waals surface area (Å²) in [6, 6.07) is 0.423. The highest BCUT2D eigenvalue weighted by atomic mass is 32.2. The van der Waals surface area contributed by atoms with E-state index in [1.807, 2.05) is 7.05 Å². The highest BCUT2D eigenvalue weighted by Crippen LogP contribution is 2.21. The lowest BCUT2D eigenvalue weighted by atomic mass is 10.1. The molecule has 0 atom stereocenters. The van der Waals surface area contributed by atoms with E-state index in [0.717, 1.165) is 12.8 Å². The van der Waals surface area contributed by atoms with Gasteiger partial charge < -0.3 is 5.32 Å². The molecule has 2 rings (SSSR count). The van der Waals surface area contributed by atoms with Crippen LogP contribution in [0.5, 0.6) is 0 Å². The molecule has 2 heterocycles. The van der Waals surface area contributed by atoms with Crippen molar-refractivity contribution in [1.29, 1.82) is 0 Å². The normalized spacial score (nSPS) is 19.6. The molecule has 1 aliphatic rings. The number of hydrogen-bond donors (Lipinski definition) is 2. The van der Waals surface area contributed by atoms with Gasteiger partial charge in [0.2, 0.25) is 10.0 Å². The zero-order valence-corrected chi connectivity index (χ0v) is 10.9. The van der Waals surface area contributed by atoms with Crippen LogP contribution in [0, 0.1) is 6.92 Å². The van der Waals surface area contributed by atoms with Crippen LogP contribution in [0.1, 0.15) is 18.5 Å². The van der Waals surface area contributed by atoms with Crippen LogP contribution in [0.15, 0.2) is 11.1 Å². The summed E-state index contributed by atoms with van der Waals surface area (Å²) >= 11 is 0. The maximum Gasteiger partial charge on any atom is 0.246 e. The van der Waals surface area contributed by atoms with Crippen molar-refractivity contribution in [3.63, 3.8) is 0 Å². The van der Waals surface area contributed by atoms with Crippen molar-refractivity contribution >= 4 is 10.0 Å². The first-order chi connectivity index (χ1) is 8.05. The van der Waals surface area contributed by atoms with Crippen LogP contribution in [0.25, 0.3) is 0 Å². The molecule has 0 aliphatic carbocycles. The highest BCUT2D eigenvalue weighted by molar-refractivity contribution is 7.89. The Kier molecular flexibility index (Phi) is 3.50. The number of piperidine rings is 1. The highest BCUT2D eigenvalue weighted by Gasteiger charge is 2.30. The lowest BCUT2D eigenvalue weighted by molar-refractivity contribution is 0.298. The Morgan fingerprint density at radius 1 is 1.47 bits per heavy atom. The van der Waals surface area contributed by atoms with E-state index in [2.05, 4.69) is 15.5 Å². The zero-order valence-electron chi connectivity index (χ0n) is 10.1. The van der Waals surface area contributed by atoms with E-state index in [1.54, 1.807) is 11.2 Å². The fourth-order valence-corrected chi connectivity index (χ4v) is 3.71. The summed E-state index contributed by atoms with van der Waals surface area (Å²) in [5.41, 5.74) is 0.598. The number of nitrogens with zero attached hydrogens (tertiary/aromatic N) is 2. The van der Waals surface area contributed by atoms with Crippen molar-refractivity contribution in [1.82, 2.24) is 19.8 Å². The molecule has 0 radical (unpaired) electrons. The Hall–Kier alpha value is -0.920. The van der Waals surface area contributed by atoms with Gasteiger partial charge in [0, 0.05) is 19.1 Å². The third kappa shape index (κ3) is 2.36. The number of nitrogens with one attached hydrogen (secondary N) is 2. The number of aromatic amines is 1. The fraction of sp³-hybridized carbons (Fsp3) is 0.700. The molecule has 0 spiro atoms. The van der Waals surface area contributed by atoms with Crippen molar-refractivity contribution in [3.8, 4) is 0 Å². The zero-order chi connectivity index (χ0) is 12.5. The molecule has 7 heteroatoms. The van der Waals surface area contributed by atoms with Crippen LogP contribution >= 0.6 is 0 Å². The molecule has 96 valence electrons. The van der Waals surface area contributed by atoms with Crippen LogP contribution in [-0.4, -0.2) is 49.1 Å². The van der Waals surface area contributed by atoms with Crippen molar-refractivity contribution in [2.24, 2.45) is 0 Å². The van der Waals surface area contributed by atoms with E-state index >= 15 is 0 Å². The van der Waals surface area contributed by atoms with Gasteiger partial charge in [0.1, 0.15) is 4.90 Å². The standard InChI is InChI=1S/C10H18N4O2S/c1-8-10(7-12-13-8)17(15,16)14-5-3-9(11-2)4-6-14/h7,9,11H,3-6H2,1-2H3,(H,12,13). The molecule has 1 aromatic rings. The molecular formula is C10H18N4O2S. The molecule has 1 aliphatic heterocycles. The van der Waals surface area contributed by atoms with Gasteiger partial charge in [-0.25, -0.2) is 8.42 Å². The molecule has 1 saturated heterocycles. The van der Waals surface area contributed by atoms with E-state index < -0.39 is 10.0 Å². The van der Waals surface area contributed by atoms with E-state index in [4.69, 9.17) is 0 Å². The minimum absolute atomic E-state index is 0.292. The summed E-state index contributed by atoms with van der Waals surface area (Å²) in [6.07, 6.45) is 3.09. The average molecular weight is 258 g/mol. The Balaban J connectivity index is 2.16. The Labute approximate surface area is 101 Å². The van der Waals surface area contributed by atoms with Gasteiger partial charge in [0.05, 0.1) is 11.9 Å². The van der Waals surface area contributed by atoms with Gasteiger partial charge in [-0.3, -0.25) is 5.10 Å². The van der Waals surface area contributed by atoms with Crippen molar-refractivity contribution in [2.45, 2.75) is 30.7 Å². The molecule has 0 unspecified atom stereocenters. The predicted octanol–water partition coefficient (Wildman–Crippen LogP) is 0.0906. The molecule has 1 fully saturated rings. The van der Waals surface area contributed by atoms with Crippen molar-refractivity contribution in [3.05, 3.63) is 11.9 Å². The number of sulfonamides is 1. The van der Waals surface area contributed by atoms with Gasteiger partial charge in [-0.05, 0) is 26.8 Å². The summed E-state index contributed by atoms with van der Waals surface area (Å²) in [6.45, 7) is 2.86. The first-order valence-corrected chi connectivity index (χ1v) is 7.17. The van der Waals surface area contributed by atoms with Crippen molar-refractivity contribution < 1.29 is 8.42 Å². The number of aromatic nitrogens is 2. The van der Waals surface area contributed by atoms with Gasteiger partial charge >= 0.3 is 0 Å². The predicted molar refractivity (Wildman–Crippen MR) is 64.2 cm³/mol. The monoisotopic (exact) mass is 258 g/mol. The van der Waals surface area contributed by atoms with Gasteiger partial charge in [0.25, 0.3) is 0 Å². The van der Waals surface area contributed by atoms with E-state index in [-0.39, 0.29) is 0 Å². The maximum absolute atomic E-state index is 12.3. The largest absolute Gasteiger partial charge is 0.317 e. The van der Waals surface area contributed by atoms with Gasteiger partial charge in [-0.2, -0.15) is 9.40 Å². The van der Waals surface area contributed by atoms with Gasteiger partial charge in [-0.1, -0.05) is 0 Å². The summed E-state index contributed by atoms with van der Waals surface area (Å²) < 4.78 is 26.2. The quantitative estimate of drug-likeness (QED) is 0.805. The minimum atomic E-state index is -3.37. The van der Waals surface area contributed by atoms with E-state index in [0.29, 0.717) is 29.7 Å². The van der Waals surface area contributed by atoms with Crippen molar-refractivity contribution in [2.75, 3.05) is 20.1 Å². The Bertz CT molecular complexity index is 474. The summed E-state index contributed by atoms with van der Waals surface area (Å²) in [7, 11) is -1.46. The summed E-state index contributed by atoms with van der Waals surface area (Å²) in [5.74, 6) is 0. The molecule has 0 amide bonds. The summed E-state index contributed by atoms with van der Waals surface area (Å²) in [4.78, 5) is 0.292. The number of hydrogen-bond acceptors (Lipinski definition) is 4. The maximum atomic E-state index is 12.3. The molecule has 1 aromatic heterocycles. The van der Waals surface area contributed by atoms with Crippen LogP contribution in [-0.2, 0) is 10.0 Å². The summed E-state index contributed by atoms with van der Waals surface area (Å²) in [5, 5.41) is 9.62. The second-order valence-electron chi connectivity index (χ2n) is 4.33. The number of H-pyrrole nitrogens is 1. The first-order valence-electron chi connectivity index (χ1n) is 5.73. The molecule has 17 heavy (non-hydrogen) atoms. The van der Waals surface area contributed by atoms with Crippen LogP contribution in [0.4, 0.5) is 0 Å². The molecule has 0 aromatic carbocycles. The third-order valence-electron chi connectivity index (χ3n) is 3.26. The minimum Gasteiger partial charge on any atom is -0.317 e. The topological polar surface area (TPSA) is 78.1 Å². The molecule has 0 saturated carbocycles. The molecule has 0 bridgehead atoms. The Morgan fingerprint density at radius 3 is 2.59 bits per heavy atom. The molecule has 2 N–H and O–H groups in total. The molecular weight excluding hydrogens is 240 g/mol. The van der Waals surface area contributed by atoms with Gasteiger partial charge in [0.15, 0.2) is 0 Å². The Morgan fingerprint density at radius 2 is 2.12 bits per heavy atom. The molecule has 6 nitrogen and oxygen atoms in total. The van der Waals surface area contributed by atoms with Crippen LogP contribution in [0.3, 0.4) is 0 Å². The lowest BCUT2D eigenvalue weighted by Crippen LogP contribution is -2.43. The van der Waals surface area contributed by atoms with Crippen LogP contribution in [0.2, 0.25) is 0 Å².